The molecule has 0 heterocycles. The Balaban J connectivity index is 2.77. The van der Waals surface area contributed by atoms with Crippen molar-refractivity contribution in [3.05, 3.63) is 29.3 Å². The minimum absolute atomic E-state index is 0.0341. The van der Waals surface area contributed by atoms with Gasteiger partial charge in [-0.15, -0.1) is 0 Å². The van der Waals surface area contributed by atoms with E-state index in [0.717, 1.165) is 17.5 Å². The first-order valence-electron chi connectivity index (χ1n) is 8.37. The molecular weight excluding hydrogens is 306 g/mol. The lowest BCUT2D eigenvalue weighted by Gasteiger charge is -2.30. The molecule has 0 bridgehead atoms. The van der Waals surface area contributed by atoms with Crippen molar-refractivity contribution >= 4 is 11.9 Å². The second-order valence-corrected chi connectivity index (χ2v) is 6.29. The summed E-state index contributed by atoms with van der Waals surface area (Å²) in [5, 5.41) is 0. The summed E-state index contributed by atoms with van der Waals surface area (Å²) in [6.45, 7) is 9.97. The Labute approximate surface area is 144 Å². The molecule has 2 unspecified atom stereocenters. The first kappa shape index (κ1) is 20.0. The Hall–Kier alpha value is -2.04. The number of hydrogen-bond donors (Lipinski definition) is 0. The fraction of sp³-hybridized carbons (Fsp3) is 0.579. The minimum Gasteiger partial charge on any atom is -0.483 e. The summed E-state index contributed by atoms with van der Waals surface area (Å²) < 4.78 is 10.5. The molecule has 1 rings (SSSR count). The molecule has 0 saturated heterocycles. The molecule has 0 spiro atoms. The lowest BCUT2D eigenvalue weighted by Crippen LogP contribution is -2.44. The zero-order chi connectivity index (χ0) is 18.3. The predicted molar refractivity (Wildman–Crippen MR) is 94.1 cm³/mol. The Morgan fingerprint density at radius 3 is 2.46 bits per heavy atom. The van der Waals surface area contributed by atoms with Crippen LogP contribution in [0.3, 0.4) is 0 Å². The summed E-state index contributed by atoms with van der Waals surface area (Å²) in [5.74, 6) is -0.0883. The smallest absolute Gasteiger partial charge is 0.310 e. The van der Waals surface area contributed by atoms with Gasteiger partial charge in [0.25, 0.3) is 5.91 Å². The van der Waals surface area contributed by atoms with Gasteiger partial charge in [-0.25, -0.2) is 0 Å². The maximum atomic E-state index is 12.6. The maximum Gasteiger partial charge on any atom is 0.310 e. The van der Waals surface area contributed by atoms with Crippen molar-refractivity contribution in [1.29, 1.82) is 0 Å². The Morgan fingerprint density at radius 1 is 1.21 bits per heavy atom. The fourth-order valence-corrected chi connectivity index (χ4v) is 2.40. The Kier molecular flexibility index (Phi) is 7.75. The van der Waals surface area contributed by atoms with Crippen LogP contribution in [0, 0.1) is 19.8 Å². The van der Waals surface area contributed by atoms with Crippen molar-refractivity contribution in [2.75, 3.05) is 20.3 Å². The number of esters is 1. The minimum atomic E-state index is -0.367. The third-order valence-electron chi connectivity index (χ3n) is 4.21. The quantitative estimate of drug-likeness (QED) is 0.685. The topological polar surface area (TPSA) is 55.8 Å². The van der Waals surface area contributed by atoms with Crippen LogP contribution in [0.2, 0.25) is 0 Å². The average Bonchev–Trinajstić information content (AvgIpc) is 2.58. The Morgan fingerprint density at radius 2 is 1.88 bits per heavy atom. The zero-order valence-corrected chi connectivity index (χ0v) is 15.6. The second-order valence-electron chi connectivity index (χ2n) is 6.29. The van der Waals surface area contributed by atoms with E-state index in [1.54, 1.807) is 11.8 Å². The van der Waals surface area contributed by atoms with Crippen LogP contribution in [0.1, 0.15) is 38.3 Å². The largest absolute Gasteiger partial charge is 0.483 e. The molecule has 5 heteroatoms. The molecule has 0 N–H and O–H groups in total. The molecule has 5 nitrogen and oxygen atoms in total. The van der Waals surface area contributed by atoms with Crippen molar-refractivity contribution in [3.63, 3.8) is 0 Å². The average molecular weight is 335 g/mol. The van der Waals surface area contributed by atoms with E-state index in [1.165, 1.54) is 7.11 Å². The summed E-state index contributed by atoms with van der Waals surface area (Å²) in [6.07, 6.45) is 0.809. The van der Waals surface area contributed by atoms with Crippen LogP contribution in [-0.4, -0.2) is 43.1 Å². The van der Waals surface area contributed by atoms with Crippen molar-refractivity contribution in [1.82, 2.24) is 4.90 Å². The lowest BCUT2D eigenvalue weighted by atomic mass is 10.1. The van der Waals surface area contributed by atoms with E-state index in [9.17, 15) is 9.59 Å². The van der Waals surface area contributed by atoms with Crippen molar-refractivity contribution < 1.29 is 19.1 Å². The molecule has 1 aromatic rings. The highest BCUT2D eigenvalue weighted by Crippen LogP contribution is 2.19. The molecule has 0 aliphatic rings. The number of carbonyl (C=O) groups is 2. The molecule has 1 aromatic carbocycles. The summed E-state index contributed by atoms with van der Waals surface area (Å²) in [6, 6.07) is 5.94. The van der Waals surface area contributed by atoms with Gasteiger partial charge in [-0.05, 0) is 44.4 Å². The van der Waals surface area contributed by atoms with Crippen molar-refractivity contribution in [3.8, 4) is 5.75 Å². The number of amides is 1. The van der Waals surface area contributed by atoms with E-state index < -0.39 is 0 Å². The maximum absolute atomic E-state index is 12.6. The van der Waals surface area contributed by atoms with Gasteiger partial charge in [-0.2, -0.15) is 0 Å². The third-order valence-corrected chi connectivity index (χ3v) is 4.21. The molecular formula is C19H29NO4. The fourth-order valence-electron chi connectivity index (χ4n) is 2.40. The number of aryl methyl sites for hydroxylation is 2. The van der Waals surface area contributed by atoms with E-state index in [1.807, 2.05) is 45.9 Å². The molecule has 0 aliphatic heterocycles. The highest BCUT2D eigenvalue weighted by atomic mass is 16.5. The number of rotatable bonds is 8. The summed E-state index contributed by atoms with van der Waals surface area (Å²) >= 11 is 0. The van der Waals surface area contributed by atoms with E-state index >= 15 is 0 Å². The van der Waals surface area contributed by atoms with Crippen LogP contribution in [0.25, 0.3) is 0 Å². The van der Waals surface area contributed by atoms with Crippen molar-refractivity contribution in [2.45, 2.75) is 47.1 Å². The number of methoxy groups -OCH3 is 1. The second kappa shape index (κ2) is 9.30. The van der Waals surface area contributed by atoms with Crippen LogP contribution in [0.15, 0.2) is 18.2 Å². The monoisotopic (exact) mass is 335 g/mol. The van der Waals surface area contributed by atoms with Crippen LogP contribution in [0.4, 0.5) is 0 Å². The lowest BCUT2D eigenvalue weighted by molar-refractivity contribution is -0.147. The number of benzene rings is 1. The van der Waals surface area contributed by atoms with Gasteiger partial charge in [0.05, 0.1) is 13.0 Å². The van der Waals surface area contributed by atoms with E-state index in [4.69, 9.17) is 9.47 Å². The van der Waals surface area contributed by atoms with Crippen LogP contribution in [-0.2, 0) is 14.3 Å². The van der Waals surface area contributed by atoms with Gasteiger partial charge in [0, 0.05) is 12.6 Å². The van der Waals surface area contributed by atoms with Crippen LogP contribution < -0.4 is 4.74 Å². The molecule has 24 heavy (non-hydrogen) atoms. The molecule has 0 radical (unpaired) electrons. The van der Waals surface area contributed by atoms with Gasteiger partial charge in [0.2, 0.25) is 0 Å². The van der Waals surface area contributed by atoms with Gasteiger partial charge in [0.15, 0.2) is 6.61 Å². The van der Waals surface area contributed by atoms with E-state index in [-0.39, 0.29) is 30.4 Å². The zero-order valence-electron chi connectivity index (χ0n) is 15.6. The predicted octanol–water partition coefficient (Wildman–Crippen LogP) is 3.12. The van der Waals surface area contributed by atoms with Crippen LogP contribution in [0.5, 0.6) is 5.75 Å². The van der Waals surface area contributed by atoms with Gasteiger partial charge < -0.3 is 14.4 Å². The van der Waals surface area contributed by atoms with E-state index in [0.29, 0.717) is 12.3 Å². The third kappa shape index (κ3) is 5.55. The number of carbonyl (C=O) groups excluding carboxylic acids is 2. The molecule has 2 atom stereocenters. The summed E-state index contributed by atoms with van der Waals surface area (Å²) in [4.78, 5) is 26.0. The van der Waals surface area contributed by atoms with Gasteiger partial charge in [-0.1, -0.05) is 26.0 Å². The molecule has 0 aromatic heterocycles. The molecule has 0 saturated carbocycles. The normalized spacial score (nSPS) is 13.1. The van der Waals surface area contributed by atoms with Gasteiger partial charge in [-0.3, -0.25) is 9.59 Å². The summed E-state index contributed by atoms with van der Waals surface area (Å²) in [7, 11) is 1.36. The standard InChI is InChI=1S/C19H29NO4/c1-7-16(5)20(11-15(4)19(22)23-6)18(21)12-24-17-10-13(2)8-9-14(17)3/h8-10,15-16H,7,11-12H2,1-6H3. The number of nitrogens with zero attached hydrogens (tertiary/aromatic N) is 1. The van der Waals surface area contributed by atoms with Crippen molar-refractivity contribution in [2.24, 2.45) is 5.92 Å². The van der Waals surface area contributed by atoms with E-state index in [2.05, 4.69) is 0 Å². The number of ether oxygens (including phenoxy) is 2. The molecule has 134 valence electrons. The number of hydrogen-bond acceptors (Lipinski definition) is 4. The molecule has 1 amide bonds. The molecule has 0 aliphatic carbocycles. The highest BCUT2D eigenvalue weighted by Gasteiger charge is 2.25. The first-order valence-corrected chi connectivity index (χ1v) is 8.37. The van der Waals surface area contributed by atoms with Gasteiger partial charge in [0.1, 0.15) is 5.75 Å². The summed E-state index contributed by atoms with van der Waals surface area (Å²) in [5.41, 5.74) is 2.08. The molecule has 0 fully saturated rings. The van der Waals surface area contributed by atoms with Crippen LogP contribution >= 0.6 is 0 Å². The highest BCUT2D eigenvalue weighted by molar-refractivity contribution is 5.79. The first-order chi connectivity index (χ1) is 11.3. The Bertz CT molecular complexity index is 570. The SMILES string of the molecule is CCC(C)N(CC(C)C(=O)OC)C(=O)COc1cc(C)ccc1C. The van der Waals surface area contributed by atoms with Gasteiger partial charge >= 0.3 is 5.97 Å².